The van der Waals surface area contributed by atoms with Crippen molar-refractivity contribution in [3.8, 4) is 5.75 Å². The molecule has 3 heteroatoms. The Morgan fingerprint density at radius 3 is 2.80 bits per heavy atom. The minimum atomic E-state index is 0.583. The van der Waals surface area contributed by atoms with Crippen LogP contribution < -0.4 is 10.1 Å². The number of nitrogens with one attached hydrogen (secondary N) is 1. The molecule has 1 unspecified atom stereocenters. The van der Waals surface area contributed by atoms with Gasteiger partial charge in [-0.1, -0.05) is 12.1 Å². The van der Waals surface area contributed by atoms with E-state index in [9.17, 15) is 0 Å². The minimum absolute atomic E-state index is 0.583. The summed E-state index contributed by atoms with van der Waals surface area (Å²) < 4.78 is 5.55. The summed E-state index contributed by atoms with van der Waals surface area (Å²) in [6, 6.07) is 8.98. The molecule has 0 spiro atoms. The number of benzene rings is 1. The highest BCUT2D eigenvalue weighted by Gasteiger charge is 2.21. The summed E-state index contributed by atoms with van der Waals surface area (Å²) in [5, 5.41) is 3.68. The van der Waals surface area contributed by atoms with Gasteiger partial charge in [0.25, 0.3) is 0 Å². The fourth-order valence-electron chi connectivity index (χ4n) is 2.89. The first-order valence-corrected chi connectivity index (χ1v) is 7.82. The van der Waals surface area contributed by atoms with Crippen LogP contribution in [0.15, 0.2) is 24.3 Å². The van der Waals surface area contributed by atoms with Crippen molar-refractivity contribution in [1.82, 2.24) is 10.2 Å². The van der Waals surface area contributed by atoms with E-state index < -0.39 is 0 Å². The first-order valence-electron chi connectivity index (χ1n) is 7.82. The van der Waals surface area contributed by atoms with Crippen LogP contribution in [0.5, 0.6) is 5.75 Å². The van der Waals surface area contributed by atoms with Crippen LogP contribution in [0.2, 0.25) is 0 Å². The van der Waals surface area contributed by atoms with Crippen molar-refractivity contribution in [2.75, 3.05) is 26.7 Å². The predicted molar refractivity (Wildman–Crippen MR) is 84.1 cm³/mol. The second-order valence-corrected chi connectivity index (χ2v) is 5.89. The van der Waals surface area contributed by atoms with Crippen molar-refractivity contribution < 1.29 is 4.74 Å². The third-order valence-electron chi connectivity index (χ3n) is 4.31. The van der Waals surface area contributed by atoms with Crippen LogP contribution in [0.25, 0.3) is 0 Å². The van der Waals surface area contributed by atoms with Crippen molar-refractivity contribution in [1.29, 1.82) is 0 Å². The molecule has 0 saturated carbocycles. The molecule has 1 saturated heterocycles. The molecule has 2 rings (SSSR count). The van der Waals surface area contributed by atoms with Gasteiger partial charge in [-0.2, -0.15) is 0 Å². The Balaban J connectivity index is 1.80. The van der Waals surface area contributed by atoms with E-state index in [2.05, 4.69) is 42.4 Å². The van der Waals surface area contributed by atoms with Crippen LogP contribution in [-0.4, -0.2) is 37.7 Å². The summed E-state index contributed by atoms with van der Waals surface area (Å²) in [6.07, 6.45) is 2.62. The molecule has 1 N–H and O–H groups in total. The first kappa shape index (κ1) is 15.3. The van der Waals surface area contributed by atoms with E-state index in [1.165, 1.54) is 31.5 Å². The van der Waals surface area contributed by atoms with E-state index in [0.717, 1.165) is 24.8 Å². The molecule has 1 heterocycles. The topological polar surface area (TPSA) is 24.5 Å². The zero-order valence-electron chi connectivity index (χ0n) is 13.1. The van der Waals surface area contributed by atoms with Gasteiger partial charge < -0.3 is 15.0 Å². The Morgan fingerprint density at radius 2 is 2.10 bits per heavy atom. The summed E-state index contributed by atoms with van der Waals surface area (Å²) >= 11 is 0. The smallest absolute Gasteiger partial charge is 0.119 e. The van der Waals surface area contributed by atoms with Crippen LogP contribution in [0.1, 0.15) is 32.3 Å². The van der Waals surface area contributed by atoms with Gasteiger partial charge in [0, 0.05) is 12.6 Å². The van der Waals surface area contributed by atoms with Gasteiger partial charge in [0.2, 0.25) is 0 Å². The molecule has 0 aromatic heterocycles. The molecule has 3 nitrogen and oxygen atoms in total. The summed E-state index contributed by atoms with van der Waals surface area (Å²) in [5.41, 5.74) is 1.30. The lowest BCUT2D eigenvalue weighted by Gasteiger charge is -2.33. The minimum Gasteiger partial charge on any atom is -0.494 e. The standard InChI is InChI=1S/C17H28N2O/c1-4-20-17-7-5-6-15(12-17)13-18-14(2)16-8-10-19(3)11-9-16/h5-7,12,14,16,18H,4,8-11,13H2,1-3H3. The number of piperidine rings is 1. The number of nitrogens with zero attached hydrogens (tertiary/aromatic N) is 1. The summed E-state index contributed by atoms with van der Waals surface area (Å²) in [5.74, 6) is 1.78. The lowest BCUT2D eigenvalue weighted by molar-refractivity contribution is 0.189. The van der Waals surface area contributed by atoms with Crippen molar-refractivity contribution in [3.63, 3.8) is 0 Å². The van der Waals surface area contributed by atoms with Crippen LogP contribution in [-0.2, 0) is 6.54 Å². The Kier molecular flexibility index (Phi) is 5.86. The normalized spacial score (nSPS) is 18.9. The molecular formula is C17H28N2O. The Morgan fingerprint density at radius 1 is 1.35 bits per heavy atom. The molecule has 0 bridgehead atoms. The lowest BCUT2D eigenvalue weighted by atomic mass is 9.90. The van der Waals surface area contributed by atoms with Gasteiger partial charge in [-0.3, -0.25) is 0 Å². The predicted octanol–water partition coefficient (Wildman–Crippen LogP) is 2.91. The van der Waals surface area contributed by atoms with Gasteiger partial charge in [0.15, 0.2) is 0 Å². The number of hydrogen-bond acceptors (Lipinski definition) is 3. The van der Waals surface area contributed by atoms with Crippen LogP contribution in [0.4, 0.5) is 0 Å². The van der Waals surface area contributed by atoms with Crippen molar-refractivity contribution in [3.05, 3.63) is 29.8 Å². The quantitative estimate of drug-likeness (QED) is 0.864. The largest absolute Gasteiger partial charge is 0.494 e. The maximum atomic E-state index is 5.55. The van der Waals surface area contributed by atoms with E-state index in [1.807, 2.05) is 13.0 Å². The fraction of sp³-hybridized carbons (Fsp3) is 0.647. The molecule has 0 aliphatic carbocycles. The van der Waals surface area contributed by atoms with Crippen molar-refractivity contribution in [2.45, 2.75) is 39.3 Å². The van der Waals surface area contributed by atoms with Crippen LogP contribution >= 0.6 is 0 Å². The Labute approximate surface area is 123 Å². The van der Waals surface area contributed by atoms with E-state index in [1.54, 1.807) is 0 Å². The van der Waals surface area contributed by atoms with E-state index in [-0.39, 0.29) is 0 Å². The first-order chi connectivity index (χ1) is 9.69. The molecule has 20 heavy (non-hydrogen) atoms. The zero-order chi connectivity index (χ0) is 14.4. The van der Waals surface area contributed by atoms with E-state index in [4.69, 9.17) is 4.74 Å². The molecule has 1 aromatic rings. The van der Waals surface area contributed by atoms with Gasteiger partial charge in [0.1, 0.15) is 5.75 Å². The second kappa shape index (κ2) is 7.65. The molecule has 112 valence electrons. The average Bonchev–Trinajstić information content (AvgIpc) is 2.46. The third kappa shape index (κ3) is 4.50. The van der Waals surface area contributed by atoms with Gasteiger partial charge in [0.05, 0.1) is 6.61 Å². The van der Waals surface area contributed by atoms with E-state index >= 15 is 0 Å². The third-order valence-corrected chi connectivity index (χ3v) is 4.31. The molecule has 1 aliphatic rings. The maximum absolute atomic E-state index is 5.55. The summed E-state index contributed by atoms with van der Waals surface area (Å²) in [4.78, 5) is 2.43. The summed E-state index contributed by atoms with van der Waals surface area (Å²) in [6.45, 7) is 8.46. The highest BCUT2D eigenvalue weighted by atomic mass is 16.5. The Hall–Kier alpha value is -1.06. The second-order valence-electron chi connectivity index (χ2n) is 5.89. The monoisotopic (exact) mass is 276 g/mol. The molecule has 0 radical (unpaired) electrons. The van der Waals surface area contributed by atoms with Crippen molar-refractivity contribution >= 4 is 0 Å². The lowest BCUT2D eigenvalue weighted by Crippen LogP contribution is -2.40. The van der Waals surface area contributed by atoms with Crippen LogP contribution in [0.3, 0.4) is 0 Å². The van der Waals surface area contributed by atoms with E-state index in [0.29, 0.717) is 6.04 Å². The van der Waals surface area contributed by atoms with Gasteiger partial charge in [-0.15, -0.1) is 0 Å². The highest BCUT2D eigenvalue weighted by Crippen LogP contribution is 2.20. The SMILES string of the molecule is CCOc1cccc(CNC(C)C2CCN(C)CC2)c1. The zero-order valence-corrected chi connectivity index (χ0v) is 13.1. The number of likely N-dealkylation sites (tertiary alicyclic amines) is 1. The molecule has 1 aliphatic heterocycles. The Bertz CT molecular complexity index is 400. The maximum Gasteiger partial charge on any atom is 0.119 e. The highest BCUT2D eigenvalue weighted by molar-refractivity contribution is 5.28. The number of hydrogen-bond donors (Lipinski definition) is 1. The molecule has 1 fully saturated rings. The van der Waals surface area contributed by atoms with Crippen molar-refractivity contribution in [2.24, 2.45) is 5.92 Å². The molecular weight excluding hydrogens is 248 g/mol. The average molecular weight is 276 g/mol. The number of ether oxygens (including phenoxy) is 1. The van der Waals surface area contributed by atoms with Gasteiger partial charge in [-0.05, 0) is 70.4 Å². The molecule has 1 atom stereocenters. The fourth-order valence-corrected chi connectivity index (χ4v) is 2.89. The van der Waals surface area contributed by atoms with Crippen LogP contribution in [0, 0.1) is 5.92 Å². The number of rotatable bonds is 6. The molecule has 0 amide bonds. The summed E-state index contributed by atoms with van der Waals surface area (Å²) in [7, 11) is 2.22. The molecule has 1 aromatic carbocycles. The van der Waals surface area contributed by atoms with Gasteiger partial charge in [-0.25, -0.2) is 0 Å². The van der Waals surface area contributed by atoms with Gasteiger partial charge >= 0.3 is 0 Å².